The molecule has 1 aromatic heterocycles. The van der Waals surface area contributed by atoms with Crippen molar-refractivity contribution in [1.29, 1.82) is 0 Å². The SMILES string of the molecule is Cc1cccc(C)c1-n1nnnc1SCC(=O)NC1CCN(Cc2ccccc2)C1. The maximum Gasteiger partial charge on any atom is 0.230 e. The molecule has 0 saturated carbocycles. The molecular weight excluding hydrogens is 396 g/mol. The van der Waals surface area contributed by atoms with Gasteiger partial charge >= 0.3 is 0 Å². The van der Waals surface area contributed by atoms with E-state index in [0.717, 1.165) is 42.9 Å². The molecule has 0 bridgehead atoms. The molecule has 1 fully saturated rings. The molecule has 4 rings (SSSR count). The first kappa shape index (κ1) is 20.6. The summed E-state index contributed by atoms with van der Waals surface area (Å²) in [5, 5.41) is 15.8. The highest BCUT2D eigenvalue weighted by molar-refractivity contribution is 7.99. The number of aryl methyl sites for hydroxylation is 2. The van der Waals surface area contributed by atoms with Crippen molar-refractivity contribution in [3.63, 3.8) is 0 Å². The zero-order valence-electron chi connectivity index (χ0n) is 17.3. The van der Waals surface area contributed by atoms with E-state index in [1.165, 1.54) is 17.3 Å². The number of benzene rings is 2. The van der Waals surface area contributed by atoms with Crippen LogP contribution in [0.2, 0.25) is 0 Å². The maximum absolute atomic E-state index is 12.5. The van der Waals surface area contributed by atoms with Gasteiger partial charge < -0.3 is 5.32 Å². The van der Waals surface area contributed by atoms with Gasteiger partial charge in [0, 0.05) is 25.7 Å². The molecule has 2 heterocycles. The number of hydrogen-bond donors (Lipinski definition) is 1. The van der Waals surface area contributed by atoms with Crippen LogP contribution in [-0.2, 0) is 11.3 Å². The van der Waals surface area contributed by atoms with Crippen molar-refractivity contribution in [3.05, 3.63) is 65.2 Å². The summed E-state index contributed by atoms with van der Waals surface area (Å²) >= 11 is 1.36. The summed E-state index contributed by atoms with van der Waals surface area (Å²) in [5.74, 6) is 0.308. The molecule has 0 radical (unpaired) electrons. The largest absolute Gasteiger partial charge is 0.351 e. The standard InChI is InChI=1S/C22H26N6OS/c1-16-7-6-8-17(2)21(16)28-22(24-25-26-28)30-15-20(29)23-19-11-12-27(14-19)13-18-9-4-3-5-10-18/h3-10,19H,11-15H2,1-2H3,(H,23,29). The van der Waals surface area contributed by atoms with Gasteiger partial charge in [-0.15, -0.1) is 5.10 Å². The van der Waals surface area contributed by atoms with E-state index in [1.54, 1.807) is 4.68 Å². The number of para-hydroxylation sites is 1. The zero-order chi connectivity index (χ0) is 20.9. The minimum absolute atomic E-state index is 0.0163. The number of thioether (sulfide) groups is 1. The third kappa shape index (κ3) is 4.88. The van der Waals surface area contributed by atoms with Gasteiger partial charge in [-0.05, 0) is 47.4 Å². The molecule has 8 heteroatoms. The van der Waals surface area contributed by atoms with Crippen LogP contribution in [0.3, 0.4) is 0 Å². The van der Waals surface area contributed by atoms with Crippen LogP contribution >= 0.6 is 11.8 Å². The predicted molar refractivity (Wildman–Crippen MR) is 118 cm³/mol. The van der Waals surface area contributed by atoms with E-state index >= 15 is 0 Å². The Morgan fingerprint density at radius 3 is 2.67 bits per heavy atom. The Labute approximate surface area is 180 Å². The van der Waals surface area contributed by atoms with E-state index in [1.807, 2.05) is 38.1 Å². The molecule has 1 N–H and O–H groups in total. The molecule has 3 aromatic rings. The summed E-state index contributed by atoms with van der Waals surface area (Å²) in [4.78, 5) is 14.9. The number of hydrogen-bond acceptors (Lipinski definition) is 6. The fourth-order valence-electron chi connectivity index (χ4n) is 3.88. The summed E-state index contributed by atoms with van der Waals surface area (Å²) in [6.07, 6.45) is 0.976. The minimum atomic E-state index is 0.0163. The molecule has 1 atom stereocenters. The summed E-state index contributed by atoms with van der Waals surface area (Å²) < 4.78 is 1.72. The van der Waals surface area contributed by atoms with Gasteiger partial charge in [0.1, 0.15) is 0 Å². The zero-order valence-corrected chi connectivity index (χ0v) is 18.1. The molecule has 1 aliphatic rings. The highest BCUT2D eigenvalue weighted by atomic mass is 32.2. The number of nitrogens with zero attached hydrogens (tertiary/aromatic N) is 5. The fraction of sp³-hybridized carbons (Fsp3) is 0.364. The number of amides is 1. The molecule has 156 valence electrons. The smallest absolute Gasteiger partial charge is 0.230 e. The third-order valence-corrected chi connectivity index (χ3v) is 6.23. The number of nitrogens with one attached hydrogen (secondary N) is 1. The van der Waals surface area contributed by atoms with Crippen molar-refractivity contribution in [2.24, 2.45) is 0 Å². The number of rotatable bonds is 7. The summed E-state index contributed by atoms with van der Waals surface area (Å²) in [6.45, 7) is 6.87. The Balaban J connectivity index is 1.30. The second kappa shape index (κ2) is 9.40. The molecular formula is C22H26N6OS. The summed E-state index contributed by atoms with van der Waals surface area (Å²) in [6, 6.07) is 16.7. The third-order valence-electron chi connectivity index (χ3n) is 5.31. The molecule has 1 saturated heterocycles. The number of carbonyl (C=O) groups is 1. The molecule has 0 aliphatic carbocycles. The first-order valence-electron chi connectivity index (χ1n) is 10.1. The maximum atomic E-state index is 12.5. The first-order valence-corrected chi connectivity index (χ1v) is 11.1. The molecule has 2 aromatic carbocycles. The van der Waals surface area contributed by atoms with Gasteiger partial charge in [0.2, 0.25) is 11.1 Å². The normalized spacial score (nSPS) is 16.7. The predicted octanol–water partition coefficient (Wildman–Crippen LogP) is 2.76. The van der Waals surface area contributed by atoms with Crippen LogP contribution in [0.1, 0.15) is 23.1 Å². The average Bonchev–Trinajstić information content (AvgIpc) is 3.37. The van der Waals surface area contributed by atoms with Crippen molar-refractivity contribution < 1.29 is 4.79 Å². The van der Waals surface area contributed by atoms with E-state index in [4.69, 9.17) is 0 Å². The molecule has 1 unspecified atom stereocenters. The van der Waals surface area contributed by atoms with Gasteiger partial charge in [-0.3, -0.25) is 9.69 Å². The van der Waals surface area contributed by atoms with Gasteiger partial charge in [-0.25, -0.2) is 0 Å². The number of tetrazole rings is 1. The van der Waals surface area contributed by atoms with Crippen LogP contribution in [0.4, 0.5) is 0 Å². The first-order chi connectivity index (χ1) is 14.6. The second-order valence-corrected chi connectivity index (χ2v) is 8.62. The van der Waals surface area contributed by atoms with Gasteiger partial charge in [-0.2, -0.15) is 4.68 Å². The van der Waals surface area contributed by atoms with Gasteiger partial charge in [0.05, 0.1) is 11.4 Å². The quantitative estimate of drug-likeness (QED) is 0.590. The Morgan fingerprint density at radius 2 is 1.90 bits per heavy atom. The van der Waals surface area contributed by atoms with Crippen LogP contribution in [0.5, 0.6) is 0 Å². The van der Waals surface area contributed by atoms with E-state index in [0.29, 0.717) is 10.9 Å². The molecule has 1 aliphatic heterocycles. The van der Waals surface area contributed by atoms with Crippen LogP contribution in [0.25, 0.3) is 5.69 Å². The van der Waals surface area contributed by atoms with Crippen LogP contribution < -0.4 is 5.32 Å². The van der Waals surface area contributed by atoms with Crippen LogP contribution in [0.15, 0.2) is 53.7 Å². The topological polar surface area (TPSA) is 75.9 Å². The van der Waals surface area contributed by atoms with Gasteiger partial charge in [0.15, 0.2) is 0 Å². The average molecular weight is 423 g/mol. The van der Waals surface area contributed by atoms with E-state index in [-0.39, 0.29) is 11.9 Å². The Morgan fingerprint density at radius 1 is 1.13 bits per heavy atom. The summed E-state index contributed by atoms with van der Waals surface area (Å²) in [5.41, 5.74) is 4.47. The highest BCUT2D eigenvalue weighted by Crippen LogP contribution is 2.23. The Hall–Kier alpha value is -2.71. The lowest BCUT2D eigenvalue weighted by molar-refractivity contribution is -0.119. The van der Waals surface area contributed by atoms with Crippen molar-refractivity contribution in [3.8, 4) is 5.69 Å². The number of aromatic nitrogens is 4. The van der Waals surface area contributed by atoms with Crippen molar-refractivity contribution in [1.82, 2.24) is 30.4 Å². The van der Waals surface area contributed by atoms with E-state index in [2.05, 4.69) is 50.0 Å². The van der Waals surface area contributed by atoms with Crippen molar-refractivity contribution >= 4 is 17.7 Å². The van der Waals surface area contributed by atoms with Crippen molar-refractivity contribution in [2.75, 3.05) is 18.8 Å². The Bertz CT molecular complexity index is 986. The van der Waals surface area contributed by atoms with Gasteiger partial charge in [-0.1, -0.05) is 60.3 Å². The van der Waals surface area contributed by atoms with Gasteiger partial charge in [0.25, 0.3) is 0 Å². The molecule has 1 amide bonds. The van der Waals surface area contributed by atoms with E-state index < -0.39 is 0 Å². The lowest BCUT2D eigenvalue weighted by atomic mass is 10.1. The number of likely N-dealkylation sites (tertiary alicyclic amines) is 1. The van der Waals surface area contributed by atoms with Crippen molar-refractivity contribution in [2.45, 2.75) is 38.0 Å². The monoisotopic (exact) mass is 422 g/mol. The molecule has 7 nitrogen and oxygen atoms in total. The second-order valence-electron chi connectivity index (χ2n) is 7.68. The van der Waals surface area contributed by atoms with Crippen LogP contribution in [-0.4, -0.2) is 55.9 Å². The Kier molecular flexibility index (Phi) is 6.44. The molecule has 30 heavy (non-hydrogen) atoms. The lowest BCUT2D eigenvalue weighted by Crippen LogP contribution is -2.38. The fourth-order valence-corrected chi connectivity index (χ4v) is 4.57. The summed E-state index contributed by atoms with van der Waals surface area (Å²) in [7, 11) is 0. The van der Waals surface area contributed by atoms with Crippen LogP contribution in [0, 0.1) is 13.8 Å². The number of carbonyl (C=O) groups excluding carboxylic acids is 1. The highest BCUT2D eigenvalue weighted by Gasteiger charge is 2.24. The van der Waals surface area contributed by atoms with E-state index in [9.17, 15) is 4.79 Å². The lowest BCUT2D eigenvalue weighted by Gasteiger charge is -2.16. The molecule has 0 spiro atoms. The minimum Gasteiger partial charge on any atom is -0.351 e.